The summed E-state index contributed by atoms with van der Waals surface area (Å²) in [5, 5.41) is 0. The minimum absolute atomic E-state index is 0.0783. The standard InChI is InChI=1S/C14H12FNO2/c15-12-3-1-2-4-13(12)18-14(17)11-7-5-10(9-16)6-8-11/h1-8H,9,16H2. The van der Waals surface area contributed by atoms with E-state index in [0.717, 1.165) is 5.56 Å². The Kier molecular flexibility index (Phi) is 3.69. The zero-order valence-electron chi connectivity index (χ0n) is 9.60. The maximum atomic E-state index is 13.3. The van der Waals surface area contributed by atoms with Crippen LogP contribution in [0.15, 0.2) is 48.5 Å². The highest BCUT2D eigenvalue weighted by atomic mass is 19.1. The van der Waals surface area contributed by atoms with Gasteiger partial charge < -0.3 is 10.5 Å². The summed E-state index contributed by atoms with van der Waals surface area (Å²) < 4.78 is 18.3. The molecule has 0 fully saturated rings. The zero-order chi connectivity index (χ0) is 13.0. The van der Waals surface area contributed by atoms with Crippen molar-refractivity contribution in [2.24, 2.45) is 5.73 Å². The summed E-state index contributed by atoms with van der Waals surface area (Å²) in [6.07, 6.45) is 0. The molecule has 18 heavy (non-hydrogen) atoms. The number of carbonyl (C=O) groups is 1. The highest BCUT2D eigenvalue weighted by molar-refractivity contribution is 5.91. The molecule has 2 aromatic rings. The number of ether oxygens (including phenoxy) is 1. The lowest BCUT2D eigenvalue weighted by Gasteiger charge is -2.05. The summed E-state index contributed by atoms with van der Waals surface area (Å²) in [6.45, 7) is 0.405. The van der Waals surface area contributed by atoms with Crippen molar-refractivity contribution < 1.29 is 13.9 Å². The first-order chi connectivity index (χ1) is 8.70. The molecule has 2 N–H and O–H groups in total. The minimum Gasteiger partial charge on any atom is -0.420 e. The van der Waals surface area contributed by atoms with Gasteiger partial charge in [-0.05, 0) is 29.8 Å². The maximum absolute atomic E-state index is 13.3. The van der Waals surface area contributed by atoms with Gasteiger partial charge in [-0.3, -0.25) is 0 Å². The molecule has 0 aliphatic rings. The number of para-hydroxylation sites is 1. The summed E-state index contributed by atoms with van der Waals surface area (Å²) in [6, 6.07) is 12.4. The van der Waals surface area contributed by atoms with Crippen molar-refractivity contribution in [1.29, 1.82) is 0 Å². The lowest BCUT2D eigenvalue weighted by Crippen LogP contribution is -2.09. The largest absolute Gasteiger partial charge is 0.420 e. The second-order valence-electron chi connectivity index (χ2n) is 3.72. The molecule has 2 rings (SSSR count). The number of hydrogen-bond acceptors (Lipinski definition) is 3. The molecule has 3 nitrogen and oxygen atoms in total. The Hall–Kier alpha value is -2.20. The summed E-state index contributed by atoms with van der Waals surface area (Å²) >= 11 is 0. The fourth-order valence-electron chi connectivity index (χ4n) is 1.46. The van der Waals surface area contributed by atoms with Gasteiger partial charge in [-0.15, -0.1) is 0 Å². The first-order valence-electron chi connectivity index (χ1n) is 5.46. The van der Waals surface area contributed by atoms with Gasteiger partial charge in [0, 0.05) is 6.54 Å². The van der Waals surface area contributed by atoms with Crippen LogP contribution in [-0.4, -0.2) is 5.97 Å². The SMILES string of the molecule is NCc1ccc(C(=O)Oc2ccccc2F)cc1. The van der Waals surface area contributed by atoms with Gasteiger partial charge in [0.05, 0.1) is 5.56 Å². The van der Waals surface area contributed by atoms with Crippen molar-refractivity contribution in [3.63, 3.8) is 0 Å². The van der Waals surface area contributed by atoms with Crippen molar-refractivity contribution in [3.8, 4) is 5.75 Å². The number of carbonyl (C=O) groups excluding carboxylic acids is 1. The van der Waals surface area contributed by atoms with E-state index in [1.54, 1.807) is 30.3 Å². The van der Waals surface area contributed by atoms with Crippen LogP contribution in [0.5, 0.6) is 5.75 Å². The van der Waals surface area contributed by atoms with E-state index >= 15 is 0 Å². The van der Waals surface area contributed by atoms with Gasteiger partial charge in [-0.2, -0.15) is 0 Å². The van der Waals surface area contributed by atoms with E-state index in [1.807, 2.05) is 0 Å². The topological polar surface area (TPSA) is 52.3 Å². The number of halogens is 1. The Balaban J connectivity index is 2.14. The molecule has 0 atom stereocenters. The predicted octanol–water partition coefficient (Wildman–Crippen LogP) is 2.50. The van der Waals surface area contributed by atoms with E-state index in [-0.39, 0.29) is 5.75 Å². The quantitative estimate of drug-likeness (QED) is 0.667. The van der Waals surface area contributed by atoms with Crippen molar-refractivity contribution in [3.05, 3.63) is 65.5 Å². The third-order valence-electron chi connectivity index (χ3n) is 2.46. The fourth-order valence-corrected chi connectivity index (χ4v) is 1.46. The average molecular weight is 245 g/mol. The Morgan fingerprint density at radius 2 is 1.78 bits per heavy atom. The summed E-state index contributed by atoms with van der Waals surface area (Å²) in [5.41, 5.74) is 6.72. The molecule has 0 amide bonds. The molecule has 92 valence electrons. The number of nitrogens with two attached hydrogens (primary N) is 1. The van der Waals surface area contributed by atoms with Crippen LogP contribution in [0.1, 0.15) is 15.9 Å². The van der Waals surface area contributed by atoms with Crippen molar-refractivity contribution >= 4 is 5.97 Å². The zero-order valence-corrected chi connectivity index (χ0v) is 9.60. The first kappa shape index (κ1) is 12.3. The normalized spacial score (nSPS) is 10.1. The van der Waals surface area contributed by atoms with Crippen LogP contribution in [-0.2, 0) is 6.54 Å². The second kappa shape index (κ2) is 5.42. The molecule has 0 heterocycles. The van der Waals surface area contributed by atoms with E-state index in [4.69, 9.17) is 10.5 Å². The highest BCUT2D eigenvalue weighted by Gasteiger charge is 2.10. The number of hydrogen-bond donors (Lipinski definition) is 1. The molecular weight excluding hydrogens is 233 g/mol. The average Bonchev–Trinajstić information content (AvgIpc) is 2.41. The molecule has 0 aromatic heterocycles. The monoisotopic (exact) mass is 245 g/mol. The minimum atomic E-state index is -0.594. The van der Waals surface area contributed by atoms with E-state index in [1.165, 1.54) is 18.2 Å². The summed E-state index contributed by atoms with van der Waals surface area (Å²) in [4.78, 5) is 11.7. The summed E-state index contributed by atoms with van der Waals surface area (Å²) in [5.74, 6) is -1.24. The van der Waals surface area contributed by atoms with Crippen molar-refractivity contribution in [2.45, 2.75) is 6.54 Å². The lowest BCUT2D eigenvalue weighted by molar-refractivity contribution is 0.0728. The van der Waals surface area contributed by atoms with Gasteiger partial charge in [0.2, 0.25) is 0 Å². The molecule has 0 unspecified atom stereocenters. The van der Waals surface area contributed by atoms with E-state index in [2.05, 4.69) is 0 Å². The molecule has 0 aliphatic carbocycles. The molecule has 2 aromatic carbocycles. The predicted molar refractivity (Wildman–Crippen MR) is 65.7 cm³/mol. The third-order valence-corrected chi connectivity index (χ3v) is 2.46. The van der Waals surface area contributed by atoms with Crippen LogP contribution in [0.25, 0.3) is 0 Å². The lowest BCUT2D eigenvalue weighted by atomic mass is 10.1. The Morgan fingerprint density at radius 3 is 2.39 bits per heavy atom. The van der Waals surface area contributed by atoms with Gasteiger partial charge in [-0.25, -0.2) is 9.18 Å². The molecule has 4 heteroatoms. The van der Waals surface area contributed by atoms with Crippen LogP contribution in [0.3, 0.4) is 0 Å². The molecular formula is C14H12FNO2. The van der Waals surface area contributed by atoms with Gasteiger partial charge in [0.1, 0.15) is 0 Å². The Bertz CT molecular complexity index is 552. The Labute approximate surface area is 104 Å². The van der Waals surface area contributed by atoms with Gasteiger partial charge in [0.25, 0.3) is 0 Å². The molecule has 0 saturated carbocycles. The second-order valence-corrected chi connectivity index (χ2v) is 3.72. The highest BCUT2D eigenvalue weighted by Crippen LogP contribution is 2.17. The summed E-state index contributed by atoms with van der Waals surface area (Å²) in [7, 11) is 0. The van der Waals surface area contributed by atoms with Crippen LogP contribution >= 0.6 is 0 Å². The van der Waals surface area contributed by atoms with Crippen LogP contribution < -0.4 is 10.5 Å². The molecule has 0 saturated heterocycles. The van der Waals surface area contributed by atoms with Crippen LogP contribution in [0.2, 0.25) is 0 Å². The maximum Gasteiger partial charge on any atom is 0.343 e. The van der Waals surface area contributed by atoms with Gasteiger partial charge in [0.15, 0.2) is 11.6 Å². The first-order valence-corrected chi connectivity index (χ1v) is 5.46. The molecule has 0 bridgehead atoms. The number of esters is 1. The van der Waals surface area contributed by atoms with Crippen molar-refractivity contribution in [1.82, 2.24) is 0 Å². The van der Waals surface area contributed by atoms with Crippen LogP contribution in [0.4, 0.5) is 4.39 Å². The molecule has 0 aliphatic heterocycles. The third kappa shape index (κ3) is 2.73. The fraction of sp³-hybridized carbons (Fsp3) is 0.0714. The van der Waals surface area contributed by atoms with E-state index in [9.17, 15) is 9.18 Å². The number of benzene rings is 2. The molecule has 0 radical (unpaired) electrons. The van der Waals surface area contributed by atoms with Crippen molar-refractivity contribution in [2.75, 3.05) is 0 Å². The van der Waals surface area contributed by atoms with E-state index < -0.39 is 11.8 Å². The smallest absolute Gasteiger partial charge is 0.343 e. The van der Waals surface area contributed by atoms with Crippen LogP contribution in [0, 0.1) is 5.82 Å². The molecule has 0 spiro atoms. The van der Waals surface area contributed by atoms with Gasteiger partial charge in [-0.1, -0.05) is 24.3 Å². The number of rotatable bonds is 3. The van der Waals surface area contributed by atoms with E-state index in [0.29, 0.717) is 12.1 Å². The Morgan fingerprint density at radius 1 is 1.11 bits per heavy atom. The van der Waals surface area contributed by atoms with Gasteiger partial charge >= 0.3 is 5.97 Å².